The van der Waals surface area contributed by atoms with Crippen LogP contribution in [0.5, 0.6) is 5.75 Å². The number of ether oxygens (including phenoxy) is 1. The van der Waals surface area contributed by atoms with Gasteiger partial charge in [0, 0.05) is 46.8 Å². The quantitative estimate of drug-likeness (QED) is 0.256. The fraction of sp³-hybridized carbons (Fsp3) is 0.185. The smallest absolute Gasteiger partial charge is 0.260 e. The standard InChI is InChI=1S/C27H23Cl3N2O5S/c28-21-6-10-24(11-7-21)38(35,36)32-15-13-31(14-16-32)27(34)18-37-23-8-2-20(3-9-23)26(33)12-4-19-1-5-22(29)17-25(19)30/h1-12,17H,13-16,18H2. The largest absolute Gasteiger partial charge is 0.484 e. The second-order valence-electron chi connectivity index (χ2n) is 8.42. The van der Waals surface area contributed by atoms with Crippen LogP contribution >= 0.6 is 34.8 Å². The Morgan fingerprint density at radius 2 is 1.47 bits per heavy atom. The second kappa shape index (κ2) is 12.3. The summed E-state index contributed by atoms with van der Waals surface area (Å²) in [6.45, 7) is 0.676. The summed E-state index contributed by atoms with van der Waals surface area (Å²) >= 11 is 17.9. The number of hydrogen-bond acceptors (Lipinski definition) is 5. The SMILES string of the molecule is O=C(C=Cc1ccc(Cl)cc1Cl)c1ccc(OCC(=O)N2CCN(S(=O)(=O)c3ccc(Cl)cc3)CC2)cc1. The molecule has 0 atom stereocenters. The summed E-state index contributed by atoms with van der Waals surface area (Å²) in [4.78, 5) is 26.8. The van der Waals surface area contributed by atoms with Gasteiger partial charge in [-0.05, 0) is 78.4 Å². The van der Waals surface area contributed by atoms with Crippen molar-refractivity contribution in [1.82, 2.24) is 9.21 Å². The number of benzene rings is 3. The van der Waals surface area contributed by atoms with Gasteiger partial charge >= 0.3 is 0 Å². The number of piperazine rings is 1. The molecule has 0 radical (unpaired) electrons. The number of amides is 1. The van der Waals surface area contributed by atoms with Gasteiger partial charge in [0.15, 0.2) is 12.4 Å². The Bertz CT molecular complexity index is 1450. The van der Waals surface area contributed by atoms with Crippen LogP contribution in [0.15, 0.2) is 77.7 Å². The lowest BCUT2D eigenvalue weighted by molar-refractivity contribution is -0.134. The van der Waals surface area contributed by atoms with E-state index in [1.165, 1.54) is 34.6 Å². The third-order valence-corrected chi connectivity index (χ3v) is 8.65. The monoisotopic (exact) mass is 592 g/mol. The molecule has 1 saturated heterocycles. The highest BCUT2D eigenvalue weighted by Gasteiger charge is 2.30. The van der Waals surface area contributed by atoms with Crippen molar-refractivity contribution < 1.29 is 22.7 Å². The van der Waals surface area contributed by atoms with Crippen LogP contribution in [0.2, 0.25) is 15.1 Å². The van der Waals surface area contributed by atoms with E-state index in [0.29, 0.717) is 31.9 Å². The Balaban J connectivity index is 1.26. The van der Waals surface area contributed by atoms with Gasteiger partial charge in [-0.25, -0.2) is 8.42 Å². The molecule has 38 heavy (non-hydrogen) atoms. The zero-order valence-corrected chi connectivity index (χ0v) is 23.1. The molecule has 7 nitrogen and oxygen atoms in total. The summed E-state index contributed by atoms with van der Waals surface area (Å²) in [5.74, 6) is -0.0369. The molecule has 1 amide bonds. The summed E-state index contributed by atoms with van der Waals surface area (Å²) in [6.07, 6.45) is 3.03. The number of carbonyl (C=O) groups excluding carboxylic acids is 2. The van der Waals surface area contributed by atoms with Crippen molar-refractivity contribution in [2.75, 3.05) is 32.8 Å². The van der Waals surface area contributed by atoms with Gasteiger partial charge in [0.1, 0.15) is 5.75 Å². The Labute approximate surface area is 236 Å². The van der Waals surface area contributed by atoms with Gasteiger partial charge in [0.25, 0.3) is 5.91 Å². The lowest BCUT2D eigenvalue weighted by Crippen LogP contribution is -2.51. The van der Waals surface area contributed by atoms with E-state index in [0.717, 1.165) is 0 Å². The number of nitrogens with zero attached hydrogens (tertiary/aromatic N) is 2. The van der Waals surface area contributed by atoms with Gasteiger partial charge in [0.2, 0.25) is 10.0 Å². The fourth-order valence-corrected chi connectivity index (χ4v) is 5.80. The average Bonchev–Trinajstić information content (AvgIpc) is 2.91. The summed E-state index contributed by atoms with van der Waals surface area (Å²) in [6, 6.07) is 17.4. The summed E-state index contributed by atoms with van der Waals surface area (Å²) in [7, 11) is -3.66. The molecule has 198 valence electrons. The first-order valence-corrected chi connectivity index (χ1v) is 14.1. The normalized spacial score (nSPS) is 14.6. The first-order valence-electron chi connectivity index (χ1n) is 11.6. The number of halogens is 3. The third kappa shape index (κ3) is 6.95. The van der Waals surface area contributed by atoms with Crippen LogP contribution in [-0.4, -0.2) is 62.1 Å². The van der Waals surface area contributed by atoms with Gasteiger partial charge in [-0.1, -0.05) is 40.9 Å². The van der Waals surface area contributed by atoms with Gasteiger partial charge in [-0.2, -0.15) is 4.31 Å². The minimum atomic E-state index is -3.66. The summed E-state index contributed by atoms with van der Waals surface area (Å²) in [5, 5.41) is 1.41. The number of allylic oxidation sites excluding steroid dienone is 1. The van der Waals surface area contributed by atoms with Gasteiger partial charge in [-0.3, -0.25) is 9.59 Å². The predicted molar refractivity (Wildman–Crippen MR) is 149 cm³/mol. The maximum Gasteiger partial charge on any atom is 0.260 e. The van der Waals surface area contributed by atoms with Crippen LogP contribution in [0.25, 0.3) is 6.08 Å². The molecule has 1 heterocycles. The molecule has 1 aliphatic rings. The number of ketones is 1. The molecule has 3 aromatic rings. The average molecular weight is 594 g/mol. The van der Waals surface area contributed by atoms with Crippen molar-refractivity contribution in [2.45, 2.75) is 4.90 Å². The number of hydrogen-bond donors (Lipinski definition) is 0. The first-order chi connectivity index (χ1) is 18.1. The Kier molecular flexibility index (Phi) is 9.12. The van der Waals surface area contributed by atoms with Crippen LogP contribution in [0, 0.1) is 0 Å². The number of sulfonamides is 1. The second-order valence-corrected chi connectivity index (χ2v) is 11.6. The van der Waals surface area contributed by atoms with E-state index in [-0.39, 0.29) is 49.4 Å². The molecule has 0 aliphatic carbocycles. The van der Waals surface area contributed by atoms with E-state index in [1.54, 1.807) is 53.4 Å². The highest BCUT2D eigenvalue weighted by atomic mass is 35.5. The maximum absolute atomic E-state index is 12.8. The first kappa shape index (κ1) is 28.1. The van der Waals surface area contributed by atoms with Gasteiger partial charge in [-0.15, -0.1) is 0 Å². The van der Waals surface area contributed by atoms with E-state index in [9.17, 15) is 18.0 Å². The van der Waals surface area contributed by atoms with Crippen molar-refractivity contribution in [3.63, 3.8) is 0 Å². The van der Waals surface area contributed by atoms with Crippen LogP contribution in [0.1, 0.15) is 15.9 Å². The molecule has 1 fully saturated rings. The lowest BCUT2D eigenvalue weighted by Gasteiger charge is -2.34. The van der Waals surface area contributed by atoms with Crippen molar-refractivity contribution >= 4 is 62.6 Å². The number of carbonyl (C=O) groups is 2. The van der Waals surface area contributed by atoms with Crippen LogP contribution in [0.4, 0.5) is 0 Å². The topological polar surface area (TPSA) is 84.0 Å². The van der Waals surface area contributed by atoms with Crippen molar-refractivity contribution in [3.05, 3.63) is 99.0 Å². The molecule has 0 spiro atoms. The number of rotatable bonds is 8. The Hall–Kier alpha value is -2.88. The Morgan fingerprint density at radius 3 is 2.11 bits per heavy atom. The van der Waals surface area contributed by atoms with Crippen LogP contribution < -0.4 is 4.74 Å². The molecule has 0 bridgehead atoms. The molecule has 0 saturated carbocycles. The van der Waals surface area contributed by atoms with Gasteiger partial charge < -0.3 is 9.64 Å². The molecule has 3 aromatic carbocycles. The van der Waals surface area contributed by atoms with E-state index in [1.807, 2.05) is 0 Å². The summed E-state index contributed by atoms with van der Waals surface area (Å²) < 4.78 is 32.6. The molecule has 0 N–H and O–H groups in total. The molecular formula is C27H23Cl3N2O5S. The minimum Gasteiger partial charge on any atom is -0.484 e. The Morgan fingerprint density at radius 1 is 0.842 bits per heavy atom. The van der Waals surface area contributed by atoms with Crippen LogP contribution in [-0.2, 0) is 14.8 Å². The van der Waals surface area contributed by atoms with Crippen molar-refractivity contribution in [2.24, 2.45) is 0 Å². The molecule has 4 rings (SSSR count). The molecule has 1 aliphatic heterocycles. The highest BCUT2D eigenvalue weighted by Crippen LogP contribution is 2.23. The molecule has 0 unspecified atom stereocenters. The van der Waals surface area contributed by atoms with E-state index in [2.05, 4.69) is 0 Å². The zero-order valence-electron chi connectivity index (χ0n) is 20.0. The zero-order chi connectivity index (χ0) is 27.3. The molecule has 11 heteroatoms. The van der Waals surface area contributed by atoms with E-state index >= 15 is 0 Å². The molecule has 0 aromatic heterocycles. The predicted octanol–water partition coefficient (Wildman–Crippen LogP) is 5.45. The maximum atomic E-state index is 12.8. The summed E-state index contributed by atoms with van der Waals surface area (Å²) in [5.41, 5.74) is 1.12. The van der Waals surface area contributed by atoms with Crippen molar-refractivity contribution in [1.29, 1.82) is 0 Å². The third-order valence-electron chi connectivity index (χ3n) is 5.92. The highest BCUT2D eigenvalue weighted by molar-refractivity contribution is 7.89. The van der Waals surface area contributed by atoms with Gasteiger partial charge in [0.05, 0.1) is 4.90 Å². The van der Waals surface area contributed by atoms with Crippen molar-refractivity contribution in [3.8, 4) is 5.75 Å². The van der Waals surface area contributed by atoms with E-state index in [4.69, 9.17) is 39.5 Å². The minimum absolute atomic E-state index is 0.163. The molecular weight excluding hydrogens is 571 g/mol. The fourth-order valence-electron chi connectivity index (χ4n) is 3.78. The lowest BCUT2D eigenvalue weighted by atomic mass is 10.1. The van der Waals surface area contributed by atoms with Crippen LogP contribution in [0.3, 0.4) is 0 Å². The van der Waals surface area contributed by atoms with E-state index < -0.39 is 10.0 Å².